The highest BCUT2D eigenvalue weighted by atomic mass is 32.2. The summed E-state index contributed by atoms with van der Waals surface area (Å²) in [6, 6.07) is 20.7. The molecule has 0 unspecified atom stereocenters. The Bertz CT molecular complexity index is 452. The molecule has 0 amide bonds. The molecule has 0 radical (unpaired) electrons. The first-order valence-corrected chi connectivity index (χ1v) is 7.46. The molecule has 0 nitrogen and oxygen atoms in total. The number of thioether (sulfide) groups is 2. The Morgan fingerprint density at radius 2 is 0.944 bits per heavy atom. The number of hydrogen-bond donors (Lipinski definition) is 0. The molecule has 0 bridgehead atoms. The second kappa shape index (κ2) is 7.85. The van der Waals surface area contributed by atoms with Gasteiger partial charge in [0.15, 0.2) is 0 Å². The van der Waals surface area contributed by atoms with E-state index in [9.17, 15) is 0 Å². The first-order valence-electron chi connectivity index (χ1n) is 5.70. The van der Waals surface area contributed by atoms with Crippen molar-refractivity contribution in [1.82, 2.24) is 0 Å². The van der Waals surface area contributed by atoms with E-state index in [1.165, 1.54) is 9.79 Å². The smallest absolute Gasteiger partial charge is 0.0116 e. The fraction of sp³-hybridized carbons (Fsp3) is 0. The van der Waals surface area contributed by atoms with E-state index >= 15 is 0 Å². The van der Waals surface area contributed by atoms with Gasteiger partial charge >= 0.3 is 0 Å². The number of rotatable bonds is 5. The summed E-state index contributed by atoms with van der Waals surface area (Å²) < 4.78 is 0. The van der Waals surface area contributed by atoms with Crippen LogP contribution in [0.3, 0.4) is 0 Å². The third-order valence-corrected chi connectivity index (χ3v) is 3.84. The van der Waals surface area contributed by atoms with E-state index in [1.54, 1.807) is 23.5 Å². The third-order valence-electron chi connectivity index (χ3n) is 2.16. The van der Waals surface area contributed by atoms with Crippen molar-refractivity contribution >= 4 is 23.5 Å². The molecular formula is C16H14S2. The molecule has 2 aromatic carbocycles. The highest BCUT2D eigenvalue weighted by Gasteiger charge is 1.86. The zero-order valence-electron chi connectivity index (χ0n) is 9.90. The Labute approximate surface area is 117 Å². The van der Waals surface area contributed by atoms with Gasteiger partial charge in [0.25, 0.3) is 0 Å². The van der Waals surface area contributed by atoms with Gasteiger partial charge in [0.2, 0.25) is 0 Å². The Hall–Kier alpha value is -1.38. The average Bonchev–Trinajstić information content (AvgIpc) is 2.45. The molecule has 2 aromatic rings. The standard InChI is InChI=1S/C16H14S2/c1-3-9-15(10-4-1)17-13-7-8-14-18-16-11-5-2-6-12-16/h1-14H. The first-order chi connectivity index (χ1) is 8.95. The van der Waals surface area contributed by atoms with Crippen LogP contribution in [0.4, 0.5) is 0 Å². The maximum absolute atomic E-state index is 2.11. The molecule has 0 fully saturated rings. The van der Waals surface area contributed by atoms with Crippen molar-refractivity contribution in [1.29, 1.82) is 0 Å². The Kier molecular flexibility index (Phi) is 5.70. The van der Waals surface area contributed by atoms with Gasteiger partial charge in [0, 0.05) is 9.79 Å². The monoisotopic (exact) mass is 270 g/mol. The summed E-state index contributed by atoms with van der Waals surface area (Å²) in [5.74, 6) is 0. The summed E-state index contributed by atoms with van der Waals surface area (Å²) in [5, 5.41) is 4.19. The molecule has 0 spiro atoms. The largest absolute Gasteiger partial charge is 0.0981 e. The Morgan fingerprint density at radius 3 is 1.33 bits per heavy atom. The van der Waals surface area contributed by atoms with Crippen LogP contribution in [-0.2, 0) is 0 Å². The van der Waals surface area contributed by atoms with Gasteiger partial charge < -0.3 is 0 Å². The predicted molar refractivity (Wildman–Crippen MR) is 82.9 cm³/mol. The summed E-state index contributed by atoms with van der Waals surface area (Å²) >= 11 is 3.45. The van der Waals surface area contributed by atoms with Gasteiger partial charge in [-0.25, -0.2) is 0 Å². The summed E-state index contributed by atoms with van der Waals surface area (Å²) in [6.45, 7) is 0. The van der Waals surface area contributed by atoms with E-state index in [-0.39, 0.29) is 0 Å². The van der Waals surface area contributed by atoms with Crippen LogP contribution in [0.15, 0.2) is 93.4 Å². The molecule has 0 N–H and O–H groups in total. The molecule has 0 aromatic heterocycles. The Morgan fingerprint density at radius 1 is 0.556 bits per heavy atom. The van der Waals surface area contributed by atoms with Gasteiger partial charge in [-0.1, -0.05) is 72.1 Å². The van der Waals surface area contributed by atoms with Crippen molar-refractivity contribution in [2.45, 2.75) is 9.79 Å². The lowest BCUT2D eigenvalue weighted by Crippen LogP contribution is -1.64. The average molecular weight is 270 g/mol. The van der Waals surface area contributed by atoms with Gasteiger partial charge in [-0.15, -0.1) is 0 Å². The number of allylic oxidation sites excluding steroid dienone is 2. The molecule has 0 aliphatic carbocycles. The van der Waals surface area contributed by atoms with Gasteiger partial charge in [0.1, 0.15) is 0 Å². The van der Waals surface area contributed by atoms with Gasteiger partial charge in [-0.3, -0.25) is 0 Å². The van der Waals surface area contributed by atoms with E-state index < -0.39 is 0 Å². The lowest BCUT2D eigenvalue weighted by molar-refractivity contribution is 1.47. The molecule has 0 aliphatic rings. The molecule has 0 saturated carbocycles. The molecule has 18 heavy (non-hydrogen) atoms. The zero-order chi connectivity index (χ0) is 12.5. The zero-order valence-corrected chi connectivity index (χ0v) is 11.5. The summed E-state index contributed by atoms with van der Waals surface area (Å²) in [7, 11) is 0. The summed E-state index contributed by atoms with van der Waals surface area (Å²) in [6.07, 6.45) is 4.13. The van der Waals surface area contributed by atoms with Crippen LogP contribution in [0.5, 0.6) is 0 Å². The van der Waals surface area contributed by atoms with Crippen molar-refractivity contribution in [3.63, 3.8) is 0 Å². The molecule has 0 atom stereocenters. The highest BCUT2D eigenvalue weighted by molar-refractivity contribution is 8.02. The van der Waals surface area contributed by atoms with Crippen LogP contribution >= 0.6 is 23.5 Å². The molecular weight excluding hydrogens is 256 g/mol. The van der Waals surface area contributed by atoms with Crippen molar-refractivity contribution in [2.24, 2.45) is 0 Å². The number of hydrogen-bond acceptors (Lipinski definition) is 2. The van der Waals surface area contributed by atoms with E-state index in [1.807, 2.05) is 12.1 Å². The van der Waals surface area contributed by atoms with Crippen molar-refractivity contribution in [2.75, 3.05) is 0 Å². The lowest BCUT2D eigenvalue weighted by atomic mass is 10.4. The van der Waals surface area contributed by atoms with Crippen LogP contribution in [0.1, 0.15) is 0 Å². The van der Waals surface area contributed by atoms with Crippen LogP contribution in [0.25, 0.3) is 0 Å². The minimum atomic E-state index is 1.26. The summed E-state index contributed by atoms with van der Waals surface area (Å²) in [5.41, 5.74) is 0. The van der Waals surface area contributed by atoms with Crippen molar-refractivity contribution in [3.05, 3.63) is 83.6 Å². The van der Waals surface area contributed by atoms with Crippen molar-refractivity contribution < 1.29 is 0 Å². The van der Waals surface area contributed by atoms with E-state index in [0.717, 1.165) is 0 Å². The van der Waals surface area contributed by atoms with Crippen LogP contribution in [0.2, 0.25) is 0 Å². The normalized spacial score (nSPS) is 11.3. The Balaban J connectivity index is 1.75. The molecule has 2 rings (SSSR count). The van der Waals surface area contributed by atoms with Gasteiger partial charge in [-0.2, -0.15) is 0 Å². The number of benzene rings is 2. The van der Waals surface area contributed by atoms with Gasteiger partial charge in [0.05, 0.1) is 0 Å². The minimum Gasteiger partial charge on any atom is -0.0981 e. The van der Waals surface area contributed by atoms with Gasteiger partial charge in [-0.05, 0) is 35.1 Å². The molecule has 0 aliphatic heterocycles. The van der Waals surface area contributed by atoms with Crippen molar-refractivity contribution in [3.8, 4) is 0 Å². The predicted octanol–water partition coefficient (Wildman–Crippen LogP) is 5.60. The van der Waals surface area contributed by atoms with E-state index in [2.05, 4.69) is 71.5 Å². The minimum absolute atomic E-state index is 1.26. The third kappa shape index (κ3) is 4.86. The van der Waals surface area contributed by atoms with Crippen LogP contribution in [0, 0.1) is 0 Å². The van der Waals surface area contributed by atoms with E-state index in [4.69, 9.17) is 0 Å². The van der Waals surface area contributed by atoms with E-state index in [0.29, 0.717) is 0 Å². The quantitative estimate of drug-likeness (QED) is 0.512. The first kappa shape index (κ1) is 13.1. The maximum Gasteiger partial charge on any atom is 0.0116 e. The topological polar surface area (TPSA) is 0 Å². The lowest BCUT2D eigenvalue weighted by Gasteiger charge is -1.93. The molecule has 0 heterocycles. The molecule has 90 valence electrons. The fourth-order valence-electron chi connectivity index (χ4n) is 1.32. The fourth-order valence-corrected chi connectivity index (χ4v) is 2.61. The van der Waals surface area contributed by atoms with Crippen LogP contribution in [-0.4, -0.2) is 0 Å². The maximum atomic E-state index is 2.11. The molecule has 2 heteroatoms. The second-order valence-electron chi connectivity index (χ2n) is 3.52. The SMILES string of the molecule is C(C=CSc1ccccc1)=CSc1ccccc1. The highest BCUT2D eigenvalue weighted by Crippen LogP contribution is 2.20. The van der Waals surface area contributed by atoms with Crippen LogP contribution < -0.4 is 0 Å². The second-order valence-corrected chi connectivity index (χ2v) is 5.48. The molecule has 0 saturated heterocycles. The summed E-state index contributed by atoms with van der Waals surface area (Å²) in [4.78, 5) is 2.52.